The first-order valence-corrected chi connectivity index (χ1v) is 6.02. The summed E-state index contributed by atoms with van der Waals surface area (Å²) in [5.41, 5.74) is 1.05. The molecule has 1 aliphatic carbocycles. The van der Waals surface area contributed by atoms with Crippen LogP contribution in [0.25, 0.3) is 0 Å². The molecule has 2 rings (SSSR count). The molecule has 1 aromatic heterocycles. The van der Waals surface area contributed by atoms with E-state index in [-0.39, 0.29) is 18.6 Å². The Balaban J connectivity index is 1.69. The first kappa shape index (κ1) is 12.0. The molecular formula is C13H18N2O2. The van der Waals surface area contributed by atoms with Crippen molar-refractivity contribution in [2.75, 3.05) is 13.2 Å². The third kappa shape index (κ3) is 4.15. The van der Waals surface area contributed by atoms with Gasteiger partial charge < -0.3 is 10.1 Å². The second-order valence-electron chi connectivity index (χ2n) is 4.53. The summed E-state index contributed by atoms with van der Waals surface area (Å²) in [6.07, 6.45) is 5.94. The standard InChI is InChI=1S/C13H18N2O2/c1-10(12-4-6-14-7-5-12)15-13(16)9-17-8-11-2-3-11/h4-7,10-11H,2-3,8-9H2,1H3,(H,15,16). The monoisotopic (exact) mass is 234 g/mol. The van der Waals surface area contributed by atoms with Gasteiger partial charge in [0.05, 0.1) is 12.6 Å². The molecule has 0 spiro atoms. The number of ether oxygens (including phenoxy) is 1. The van der Waals surface area contributed by atoms with Crippen LogP contribution in [0, 0.1) is 5.92 Å². The van der Waals surface area contributed by atoms with Gasteiger partial charge in [-0.1, -0.05) is 0 Å². The predicted octanol–water partition coefficient (Wildman–Crippen LogP) is 1.69. The van der Waals surface area contributed by atoms with E-state index in [2.05, 4.69) is 10.3 Å². The van der Waals surface area contributed by atoms with E-state index in [1.54, 1.807) is 12.4 Å². The lowest BCUT2D eigenvalue weighted by atomic mass is 10.1. The van der Waals surface area contributed by atoms with Crippen LogP contribution in [0.3, 0.4) is 0 Å². The van der Waals surface area contributed by atoms with Gasteiger partial charge in [-0.3, -0.25) is 9.78 Å². The van der Waals surface area contributed by atoms with Crippen LogP contribution in [0.4, 0.5) is 0 Å². The molecule has 1 atom stereocenters. The number of nitrogens with zero attached hydrogens (tertiary/aromatic N) is 1. The van der Waals surface area contributed by atoms with Crippen molar-refractivity contribution in [3.05, 3.63) is 30.1 Å². The quantitative estimate of drug-likeness (QED) is 0.814. The van der Waals surface area contributed by atoms with Gasteiger partial charge in [0.2, 0.25) is 5.91 Å². The molecule has 1 amide bonds. The smallest absolute Gasteiger partial charge is 0.246 e. The fourth-order valence-corrected chi connectivity index (χ4v) is 1.62. The van der Waals surface area contributed by atoms with Crippen molar-refractivity contribution >= 4 is 5.91 Å². The lowest BCUT2D eigenvalue weighted by Gasteiger charge is -2.14. The summed E-state index contributed by atoms with van der Waals surface area (Å²) in [5.74, 6) is 0.635. The van der Waals surface area contributed by atoms with Crippen molar-refractivity contribution < 1.29 is 9.53 Å². The van der Waals surface area contributed by atoms with Crippen LogP contribution in [0.2, 0.25) is 0 Å². The topological polar surface area (TPSA) is 51.2 Å². The van der Waals surface area contributed by atoms with E-state index in [9.17, 15) is 4.79 Å². The molecule has 4 nitrogen and oxygen atoms in total. The first-order chi connectivity index (χ1) is 8.25. The number of rotatable bonds is 6. The van der Waals surface area contributed by atoms with Crippen LogP contribution >= 0.6 is 0 Å². The van der Waals surface area contributed by atoms with Crippen molar-refractivity contribution in [2.24, 2.45) is 5.92 Å². The third-order valence-electron chi connectivity index (χ3n) is 2.87. The molecule has 0 bridgehead atoms. The Morgan fingerprint density at radius 2 is 2.24 bits per heavy atom. The van der Waals surface area contributed by atoms with Gasteiger partial charge in [-0.05, 0) is 43.4 Å². The Morgan fingerprint density at radius 3 is 2.88 bits per heavy atom. The van der Waals surface area contributed by atoms with Crippen molar-refractivity contribution in [2.45, 2.75) is 25.8 Å². The molecule has 92 valence electrons. The van der Waals surface area contributed by atoms with Crippen molar-refractivity contribution in [1.82, 2.24) is 10.3 Å². The Kier molecular flexibility index (Phi) is 4.09. The van der Waals surface area contributed by atoms with Crippen molar-refractivity contribution in [1.29, 1.82) is 0 Å². The second-order valence-corrected chi connectivity index (χ2v) is 4.53. The van der Waals surface area contributed by atoms with Gasteiger partial charge in [0.15, 0.2) is 0 Å². The summed E-state index contributed by atoms with van der Waals surface area (Å²) in [5, 5.41) is 2.90. The average molecular weight is 234 g/mol. The second kappa shape index (κ2) is 5.77. The molecule has 4 heteroatoms. The number of hydrogen-bond acceptors (Lipinski definition) is 3. The summed E-state index contributed by atoms with van der Waals surface area (Å²) >= 11 is 0. The highest BCUT2D eigenvalue weighted by atomic mass is 16.5. The van der Waals surface area contributed by atoms with E-state index in [0.717, 1.165) is 12.2 Å². The van der Waals surface area contributed by atoms with E-state index < -0.39 is 0 Å². The minimum absolute atomic E-state index is 0.00461. The average Bonchev–Trinajstić information content (AvgIpc) is 3.14. The van der Waals surface area contributed by atoms with Crippen molar-refractivity contribution in [3.8, 4) is 0 Å². The summed E-state index contributed by atoms with van der Waals surface area (Å²) < 4.78 is 5.33. The fraction of sp³-hybridized carbons (Fsp3) is 0.538. The van der Waals surface area contributed by atoms with E-state index in [4.69, 9.17) is 4.74 Å². The zero-order chi connectivity index (χ0) is 12.1. The number of hydrogen-bond donors (Lipinski definition) is 1. The number of carbonyl (C=O) groups is 1. The lowest BCUT2D eigenvalue weighted by molar-refractivity contribution is -0.126. The van der Waals surface area contributed by atoms with Gasteiger partial charge in [-0.2, -0.15) is 0 Å². The maximum absolute atomic E-state index is 11.6. The van der Waals surface area contributed by atoms with Crippen molar-refractivity contribution in [3.63, 3.8) is 0 Å². The molecule has 0 aliphatic heterocycles. The highest BCUT2D eigenvalue weighted by Gasteiger charge is 2.21. The zero-order valence-corrected chi connectivity index (χ0v) is 10.1. The Hall–Kier alpha value is -1.42. The van der Waals surface area contributed by atoms with E-state index >= 15 is 0 Å². The number of pyridine rings is 1. The summed E-state index contributed by atoms with van der Waals surface area (Å²) in [6.45, 7) is 2.83. The van der Waals surface area contributed by atoms with E-state index in [1.807, 2.05) is 19.1 Å². The molecule has 1 saturated carbocycles. The van der Waals surface area contributed by atoms with E-state index in [1.165, 1.54) is 12.8 Å². The lowest BCUT2D eigenvalue weighted by Crippen LogP contribution is -2.30. The van der Waals surface area contributed by atoms with Crippen LogP contribution in [0.15, 0.2) is 24.5 Å². The molecular weight excluding hydrogens is 216 g/mol. The van der Waals surface area contributed by atoms with Gasteiger partial charge in [-0.25, -0.2) is 0 Å². The number of aromatic nitrogens is 1. The van der Waals surface area contributed by atoms with Gasteiger partial charge in [-0.15, -0.1) is 0 Å². The minimum Gasteiger partial charge on any atom is -0.371 e. The largest absolute Gasteiger partial charge is 0.371 e. The third-order valence-corrected chi connectivity index (χ3v) is 2.87. The van der Waals surface area contributed by atoms with Crippen LogP contribution in [0.1, 0.15) is 31.4 Å². The van der Waals surface area contributed by atoms with Crippen LogP contribution in [-0.4, -0.2) is 24.1 Å². The Bertz CT molecular complexity index is 363. The van der Waals surface area contributed by atoms with Gasteiger partial charge in [0, 0.05) is 12.4 Å². The minimum atomic E-state index is -0.0602. The summed E-state index contributed by atoms with van der Waals surface area (Å²) in [6, 6.07) is 3.79. The van der Waals surface area contributed by atoms with Crippen LogP contribution < -0.4 is 5.32 Å². The zero-order valence-electron chi connectivity index (χ0n) is 10.1. The number of carbonyl (C=O) groups excluding carboxylic acids is 1. The Labute approximate surface area is 101 Å². The SMILES string of the molecule is CC(NC(=O)COCC1CC1)c1ccncc1. The molecule has 1 N–H and O–H groups in total. The normalized spacial score (nSPS) is 16.5. The molecule has 17 heavy (non-hydrogen) atoms. The molecule has 1 unspecified atom stereocenters. The molecule has 0 saturated heterocycles. The maximum Gasteiger partial charge on any atom is 0.246 e. The Morgan fingerprint density at radius 1 is 1.53 bits per heavy atom. The predicted molar refractivity (Wildman–Crippen MR) is 64.3 cm³/mol. The van der Waals surface area contributed by atoms with Crippen LogP contribution in [0.5, 0.6) is 0 Å². The van der Waals surface area contributed by atoms with Crippen LogP contribution in [-0.2, 0) is 9.53 Å². The molecule has 1 heterocycles. The maximum atomic E-state index is 11.6. The molecule has 1 fully saturated rings. The molecule has 1 aliphatic rings. The number of nitrogens with one attached hydrogen (secondary N) is 1. The number of amides is 1. The summed E-state index contributed by atoms with van der Waals surface area (Å²) in [4.78, 5) is 15.5. The fourth-order valence-electron chi connectivity index (χ4n) is 1.62. The molecule has 0 aromatic carbocycles. The van der Waals surface area contributed by atoms with E-state index in [0.29, 0.717) is 5.92 Å². The van der Waals surface area contributed by atoms with Gasteiger partial charge in [0.25, 0.3) is 0 Å². The molecule has 1 aromatic rings. The van der Waals surface area contributed by atoms with Gasteiger partial charge >= 0.3 is 0 Å². The first-order valence-electron chi connectivity index (χ1n) is 6.02. The van der Waals surface area contributed by atoms with Gasteiger partial charge in [0.1, 0.15) is 6.61 Å². The highest BCUT2D eigenvalue weighted by molar-refractivity contribution is 5.77. The summed E-state index contributed by atoms with van der Waals surface area (Å²) in [7, 11) is 0. The molecule has 0 radical (unpaired) electrons. The highest BCUT2D eigenvalue weighted by Crippen LogP contribution is 2.28.